The summed E-state index contributed by atoms with van der Waals surface area (Å²) in [5.41, 5.74) is 1.78. The Morgan fingerprint density at radius 2 is 1.41 bits per heavy atom. The van der Waals surface area contributed by atoms with E-state index < -0.39 is 11.5 Å². The first-order valence-electron chi connectivity index (χ1n) is 8.24. The molecular formula is C19H21Cl2NO5. The van der Waals surface area contributed by atoms with Crippen LogP contribution >= 0.6 is 23.2 Å². The molecule has 0 bridgehead atoms. The summed E-state index contributed by atoms with van der Waals surface area (Å²) in [6.07, 6.45) is -0.729. The molecule has 3 N–H and O–H groups in total. The van der Waals surface area contributed by atoms with Crippen LogP contribution in [0.2, 0.25) is 0 Å². The zero-order valence-electron chi connectivity index (χ0n) is 14.5. The molecule has 0 saturated carbocycles. The summed E-state index contributed by atoms with van der Waals surface area (Å²) in [4.78, 5) is 0. The molecule has 2 aromatic carbocycles. The molecule has 0 radical (unpaired) electrons. The van der Waals surface area contributed by atoms with Gasteiger partial charge in [0, 0.05) is 11.1 Å². The third kappa shape index (κ3) is 6.59. The van der Waals surface area contributed by atoms with E-state index in [2.05, 4.69) is 5.16 Å². The zero-order valence-corrected chi connectivity index (χ0v) is 16.0. The van der Waals surface area contributed by atoms with Crippen LogP contribution in [0.25, 0.3) is 0 Å². The van der Waals surface area contributed by atoms with Crippen molar-refractivity contribution < 1.29 is 24.9 Å². The molecule has 2 aromatic rings. The number of nitrogens with zero attached hydrogens (tertiary/aromatic N) is 1. The number of ether oxygens (including phenoxy) is 2. The number of benzene rings is 2. The maximum Gasteiger partial charge on any atom is 0.119 e. The molecule has 0 aliphatic carbocycles. The first-order chi connectivity index (χ1) is 13.1. The lowest BCUT2D eigenvalue weighted by molar-refractivity contribution is 0.125. The maximum absolute atomic E-state index is 9.42. The van der Waals surface area contributed by atoms with Gasteiger partial charge in [-0.15, -0.1) is 23.2 Å². The van der Waals surface area contributed by atoms with Gasteiger partial charge in [-0.05, 0) is 48.5 Å². The minimum absolute atomic E-state index is 0.102. The molecule has 0 aromatic heterocycles. The lowest BCUT2D eigenvalue weighted by Gasteiger charge is -2.11. The molecule has 27 heavy (non-hydrogen) atoms. The van der Waals surface area contributed by atoms with E-state index in [1.165, 1.54) is 0 Å². The highest BCUT2D eigenvalue weighted by Gasteiger charge is 2.10. The van der Waals surface area contributed by atoms with Gasteiger partial charge in [-0.2, -0.15) is 0 Å². The van der Waals surface area contributed by atoms with E-state index in [-0.39, 0.29) is 25.7 Å². The molecule has 146 valence electrons. The Kier molecular flexibility index (Phi) is 8.67. The van der Waals surface area contributed by atoms with Crippen LogP contribution in [0.1, 0.15) is 11.1 Å². The highest BCUT2D eigenvalue weighted by molar-refractivity contribution is 6.20. The second-order valence-corrected chi connectivity index (χ2v) is 6.63. The minimum Gasteiger partial charge on any atom is -0.492 e. The van der Waals surface area contributed by atoms with E-state index in [1.807, 2.05) is 0 Å². The molecule has 0 aliphatic rings. The molecular weight excluding hydrogens is 393 g/mol. The lowest BCUT2D eigenvalue weighted by Crippen LogP contribution is -2.18. The zero-order chi connectivity index (χ0) is 19.6. The van der Waals surface area contributed by atoms with Crippen molar-refractivity contribution in [1.82, 2.24) is 0 Å². The number of aliphatic hydroxyl groups excluding tert-OH is 2. The first kappa shape index (κ1) is 21.3. The Hall–Kier alpha value is -1.99. The number of alkyl halides is 2. The van der Waals surface area contributed by atoms with Crippen LogP contribution in [0.4, 0.5) is 0 Å². The Bertz CT molecular complexity index is 662. The monoisotopic (exact) mass is 413 g/mol. The fourth-order valence-corrected chi connectivity index (χ4v) is 2.33. The van der Waals surface area contributed by atoms with Crippen LogP contribution in [0, 0.1) is 0 Å². The largest absolute Gasteiger partial charge is 0.492 e. The second kappa shape index (κ2) is 11.0. The topological polar surface area (TPSA) is 91.5 Å². The van der Waals surface area contributed by atoms with E-state index in [0.29, 0.717) is 28.3 Å². The second-order valence-electron chi connectivity index (χ2n) is 5.71. The quantitative estimate of drug-likeness (QED) is 0.241. The van der Waals surface area contributed by atoms with Crippen LogP contribution in [0.15, 0.2) is 53.7 Å². The predicted octanol–water partition coefficient (Wildman–Crippen LogP) is 2.87. The van der Waals surface area contributed by atoms with Crippen molar-refractivity contribution in [2.45, 2.75) is 11.5 Å². The lowest BCUT2D eigenvalue weighted by atomic mass is 10.0. The van der Waals surface area contributed by atoms with Crippen molar-refractivity contribution in [3.05, 3.63) is 59.7 Å². The molecule has 8 heteroatoms. The predicted molar refractivity (Wildman–Crippen MR) is 105 cm³/mol. The summed E-state index contributed by atoms with van der Waals surface area (Å²) in [5, 5.41) is 30.7. The molecule has 0 saturated heterocycles. The molecule has 0 heterocycles. The fourth-order valence-electron chi connectivity index (χ4n) is 2.18. The molecule has 0 amide bonds. The number of rotatable bonds is 10. The Morgan fingerprint density at radius 3 is 1.81 bits per heavy atom. The van der Waals surface area contributed by atoms with Crippen LogP contribution in [0.5, 0.6) is 11.5 Å². The smallest absolute Gasteiger partial charge is 0.119 e. The fraction of sp³-hybridized carbons (Fsp3) is 0.316. The van der Waals surface area contributed by atoms with E-state index in [1.54, 1.807) is 48.5 Å². The van der Waals surface area contributed by atoms with Crippen molar-refractivity contribution in [3.63, 3.8) is 0 Å². The van der Waals surface area contributed by atoms with Gasteiger partial charge in [0.15, 0.2) is 0 Å². The van der Waals surface area contributed by atoms with Gasteiger partial charge in [-0.25, -0.2) is 0 Å². The summed E-state index contributed by atoms with van der Waals surface area (Å²) in [7, 11) is 0. The maximum atomic E-state index is 9.42. The SMILES string of the molecule is OCC(Cl)COc1ccc(/C(=N\O)c2ccc(OCC(O)CCl)cc2)cc1. The van der Waals surface area contributed by atoms with Gasteiger partial charge in [-0.1, -0.05) is 5.16 Å². The summed E-state index contributed by atoms with van der Waals surface area (Å²) >= 11 is 11.3. The van der Waals surface area contributed by atoms with Crippen LogP contribution in [0.3, 0.4) is 0 Å². The molecule has 6 nitrogen and oxygen atoms in total. The summed E-state index contributed by atoms with van der Waals surface area (Å²) < 4.78 is 10.9. The number of hydrogen-bond acceptors (Lipinski definition) is 6. The van der Waals surface area contributed by atoms with Gasteiger partial charge in [0.1, 0.15) is 36.5 Å². The van der Waals surface area contributed by atoms with Crippen LogP contribution in [-0.4, -0.2) is 58.3 Å². The summed E-state index contributed by atoms with van der Waals surface area (Å²) in [5.74, 6) is 1.27. The van der Waals surface area contributed by atoms with E-state index >= 15 is 0 Å². The molecule has 2 unspecified atom stereocenters. The number of hydrogen-bond donors (Lipinski definition) is 3. The Balaban J connectivity index is 2.03. The van der Waals surface area contributed by atoms with Gasteiger partial charge >= 0.3 is 0 Å². The third-order valence-electron chi connectivity index (χ3n) is 3.60. The van der Waals surface area contributed by atoms with Crippen molar-refractivity contribution in [2.75, 3.05) is 25.7 Å². The van der Waals surface area contributed by atoms with Crippen molar-refractivity contribution in [3.8, 4) is 11.5 Å². The third-order valence-corrected chi connectivity index (χ3v) is 4.23. The number of aliphatic hydroxyl groups is 2. The van der Waals surface area contributed by atoms with Crippen LogP contribution < -0.4 is 9.47 Å². The van der Waals surface area contributed by atoms with E-state index in [4.69, 9.17) is 37.8 Å². The molecule has 2 rings (SSSR count). The highest BCUT2D eigenvalue weighted by Crippen LogP contribution is 2.19. The average molecular weight is 414 g/mol. The van der Waals surface area contributed by atoms with Gasteiger partial charge in [0.05, 0.1) is 17.9 Å². The van der Waals surface area contributed by atoms with Crippen molar-refractivity contribution >= 4 is 28.9 Å². The van der Waals surface area contributed by atoms with Gasteiger partial charge < -0.3 is 24.9 Å². The average Bonchev–Trinajstić information content (AvgIpc) is 2.72. The minimum atomic E-state index is -0.729. The number of oxime groups is 1. The Morgan fingerprint density at radius 1 is 0.926 bits per heavy atom. The molecule has 0 aliphatic heterocycles. The molecule has 2 atom stereocenters. The normalized spacial score (nSPS) is 13.9. The Labute approximate surface area is 167 Å². The van der Waals surface area contributed by atoms with Gasteiger partial charge in [0.2, 0.25) is 0 Å². The van der Waals surface area contributed by atoms with Crippen molar-refractivity contribution in [2.24, 2.45) is 5.16 Å². The highest BCUT2D eigenvalue weighted by atomic mass is 35.5. The standard InChI is InChI=1S/C19H21Cl2NO5/c20-9-16(24)12-27-18-7-3-14(4-8-18)19(22-25)13-1-5-17(6-2-13)26-11-15(21)10-23/h1-8,15-16,23-25H,9-12H2/b22-19+. The summed E-state index contributed by atoms with van der Waals surface area (Å²) in [6.45, 7) is 0.133. The van der Waals surface area contributed by atoms with E-state index in [0.717, 1.165) is 0 Å². The van der Waals surface area contributed by atoms with Crippen molar-refractivity contribution in [1.29, 1.82) is 0 Å². The molecule has 0 fully saturated rings. The van der Waals surface area contributed by atoms with Gasteiger partial charge in [-0.3, -0.25) is 0 Å². The van der Waals surface area contributed by atoms with Crippen LogP contribution in [-0.2, 0) is 0 Å². The molecule has 0 spiro atoms. The number of halogens is 2. The first-order valence-corrected chi connectivity index (χ1v) is 9.22. The van der Waals surface area contributed by atoms with Gasteiger partial charge in [0.25, 0.3) is 0 Å². The van der Waals surface area contributed by atoms with E-state index in [9.17, 15) is 10.3 Å². The summed E-state index contributed by atoms with van der Waals surface area (Å²) in [6, 6.07) is 13.9.